The molecule has 1 rings (SSSR count). The third kappa shape index (κ3) is 2.63. The summed E-state index contributed by atoms with van der Waals surface area (Å²) in [7, 11) is 1.62. The van der Waals surface area contributed by atoms with Gasteiger partial charge in [-0.1, -0.05) is 23.4 Å². The highest BCUT2D eigenvalue weighted by molar-refractivity contribution is 5.78. The summed E-state index contributed by atoms with van der Waals surface area (Å²) in [6.07, 6.45) is 4.74. The molecule has 1 aromatic rings. The molecule has 0 spiro atoms. The van der Waals surface area contributed by atoms with Crippen LogP contribution in [0.4, 0.5) is 0 Å². The summed E-state index contributed by atoms with van der Waals surface area (Å²) in [5.41, 5.74) is 0.949. The van der Waals surface area contributed by atoms with E-state index in [9.17, 15) is 0 Å². The van der Waals surface area contributed by atoms with Gasteiger partial charge in [-0.3, -0.25) is 0 Å². The van der Waals surface area contributed by atoms with E-state index in [2.05, 4.69) is 5.16 Å². The lowest BCUT2D eigenvalue weighted by molar-refractivity contribution is 0.322. The van der Waals surface area contributed by atoms with Gasteiger partial charge in [0.1, 0.15) is 5.75 Å². The van der Waals surface area contributed by atoms with Gasteiger partial charge in [0.05, 0.1) is 13.3 Å². The average Bonchev–Trinajstić information content (AvgIpc) is 2.19. The van der Waals surface area contributed by atoms with Gasteiger partial charge in [-0.05, 0) is 18.2 Å². The number of allylic oxidation sites excluding steroid dienone is 1. The zero-order chi connectivity index (χ0) is 9.52. The minimum absolute atomic E-state index is 0.796. The molecule has 3 heteroatoms. The predicted octanol–water partition coefficient (Wildman–Crippen LogP) is 2.17. The highest BCUT2D eigenvalue weighted by Gasteiger charge is 1.94. The van der Waals surface area contributed by atoms with E-state index in [1.54, 1.807) is 19.3 Å². The van der Waals surface area contributed by atoms with Crippen LogP contribution in [0.2, 0.25) is 0 Å². The molecule has 0 heterocycles. The van der Waals surface area contributed by atoms with Crippen LogP contribution in [-0.2, 0) is 0 Å². The van der Waals surface area contributed by atoms with E-state index in [1.807, 2.05) is 24.3 Å². The number of para-hydroxylation sites is 1. The fourth-order valence-electron chi connectivity index (χ4n) is 0.989. The second-order valence-corrected chi connectivity index (χ2v) is 2.37. The first-order chi connectivity index (χ1) is 6.38. The zero-order valence-corrected chi connectivity index (χ0v) is 7.34. The molecule has 3 nitrogen and oxygen atoms in total. The quantitative estimate of drug-likeness (QED) is 0.436. The van der Waals surface area contributed by atoms with E-state index in [0.29, 0.717) is 0 Å². The maximum atomic E-state index is 8.16. The van der Waals surface area contributed by atoms with Crippen molar-refractivity contribution in [2.45, 2.75) is 0 Å². The molecule has 0 saturated carbocycles. The molecule has 0 aliphatic carbocycles. The zero-order valence-electron chi connectivity index (χ0n) is 7.34. The maximum Gasteiger partial charge on any atom is 0.126 e. The molecule has 0 radical (unpaired) electrons. The molecule has 1 aromatic carbocycles. The highest BCUT2D eigenvalue weighted by atomic mass is 16.5. The first kappa shape index (κ1) is 9.32. The molecule has 0 fully saturated rings. The van der Waals surface area contributed by atoms with Crippen molar-refractivity contribution in [2.24, 2.45) is 5.16 Å². The van der Waals surface area contributed by atoms with Gasteiger partial charge >= 0.3 is 0 Å². The minimum Gasteiger partial charge on any atom is -0.496 e. The number of nitrogens with zero attached hydrogens (tertiary/aromatic N) is 1. The summed E-state index contributed by atoms with van der Waals surface area (Å²) in [5, 5.41) is 11.0. The van der Waals surface area contributed by atoms with Crippen LogP contribution in [0.3, 0.4) is 0 Å². The topological polar surface area (TPSA) is 41.8 Å². The van der Waals surface area contributed by atoms with Gasteiger partial charge in [0.25, 0.3) is 0 Å². The molecule has 0 amide bonds. The second-order valence-electron chi connectivity index (χ2n) is 2.37. The standard InChI is InChI=1S/C10H11NO2/c1-13-10-7-3-2-5-9(10)6-4-8-11-12/h2-8,12H,1H3/b6-4+,11-8+. The van der Waals surface area contributed by atoms with Crippen LogP contribution >= 0.6 is 0 Å². The average molecular weight is 177 g/mol. The molecular formula is C10H11NO2. The monoisotopic (exact) mass is 177 g/mol. The van der Waals surface area contributed by atoms with Gasteiger partial charge in [-0.25, -0.2) is 0 Å². The van der Waals surface area contributed by atoms with Crippen LogP contribution in [0, 0.1) is 0 Å². The van der Waals surface area contributed by atoms with E-state index in [-0.39, 0.29) is 0 Å². The minimum atomic E-state index is 0.796. The van der Waals surface area contributed by atoms with Crippen molar-refractivity contribution in [3.63, 3.8) is 0 Å². The van der Waals surface area contributed by atoms with Gasteiger partial charge < -0.3 is 9.94 Å². The van der Waals surface area contributed by atoms with Crippen LogP contribution in [-0.4, -0.2) is 18.5 Å². The van der Waals surface area contributed by atoms with Crippen molar-refractivity contribution < 1.29 is 9.94 Å². The van der Waals surface area contributed by atoms with Gasteiger partial charge in [0.2, 0.25) is 0 Å². The van der Waals surface area contributed by atoms with Crippen LogP contribution in [0.1, 0.15) is 5.56 Å². The summed E-state index contributed by atoms with van der Waals surface area (Å²) < 4.78 is 5.12. The van der Waals surface area contributed by atoms with Gasteiger partial charge in [-0.15, -0.1) is 0 Å². The Labute approximate surface area is 77.0 Å². The predicted molar refractivity (Wildman–Crippen MR) is 52.3 cm³/mol. The number of hydrogen-bond donors (Lipinski definition) is 1. The fraction of sp³-hybridized carbons (Fsp3) is 0.100. The van der Waals surface area contributed by atoms with Crippen LogP contribution < -0.4 is 4.74 Å². The third-order valence-electron chi connectivity index (χ3n) is 1.57. The number of rotatable bonds is 3. The fourth-order valence-corrected chi connectivity index (χ4v) is 0.989. The molecule has 0 aliphatic rings. The smallest absolute Gasteiger partial charge is 0.126 e. The van der Waals surface area contributed by atoms with E-state index >= 15 is 0 Å². The van der Waals surface area contributed by atoms with Gasteiger partial charge in [0, 0.05) is 5.56 Å². The van der Waals surface area contributed by atoms with E-state index in [1.165, 1.54) is 6.21 Å². The third-order valence-corrected chi connectivity index (χ3v) is 1.57. The Morgan fingerprint density at radius 2 is 2.15 bits per heavy atom. The van der Waals surface area contributed by atoms with Gasteiger partial charge in [0.15, 0.2) is 0 Å². The molecular weight excluding hydrogens is 166 g/mol. The van der Waals surface area contributed by atoms with E-state index < -0.39 is 0 Å². The Kier molecular flexibility index (Phi) is 3.57. The summed E-state index contributed by atoms with van der Waals surface area (Å²) in [6.45, 7) is 0. The van der Waals surface area contributed by atoms with Crippen molar-refractivity contribution in [1.29, 1.82) is 0 Å². The van der Waals surface area contributed by atoms with Gasteiger partial charge in [-0.2, -0.15) is 0 Å². The van der Waals surface area contributed by atoms with Crippen LogP contribution in [0.5, 0.6) is 5.75 Å². The largest absolute Gasteiger partial charge is 0.496 e. The Morgan fingerprint density at radius 1 is 1.38 bits per heavy atom. The summed E-state index contributed by atoms with van der Waals surface area (Å²) >= 11 is 0. The van der Waals surface area contributed by atoms with E-state index in [0.717, 1.165) is 11.3 Å². The first-order valence-electron chi connectivity index (χ1n) is 3.85. The molecule has 0 aliphatic heterocycles. The first-order valence-corrected chi connectivity index (χ1v) is 3.85. The van der Waals surface area contributed by atoms with Crippen LogP contribution in [0.15, 0.2) is 35.5 Å². The lowest BCUT2D eigenvalue weighted by Gasteiger charge is -2.02. The maximum absolute atomic E-state index is 8.16. The van der Waals surface area contributed by atoms with Crippen molar-refractivity contribution in [1.82, 2.24) is 0 Å². The number of benzene rings is 1. The lowest BCUT2D eigenvalue weighted by Crippen LogP contribution is -1.85. The molecule has 0 aromatic heterocycles. The number of ether oxygens (including phenoxy) is 1. The Balaban J connectivity index is 2.86. The number of methoxy groups -OCH3 is 1. The van der Waals surface area contributed by atoms with Crippen LogP contribution in [0.25, 0.3) is 6.08 Å². The molecule has 0 unspecified atom stereocenters. The number of oxime groups is 1. The Bertz CT molecular complexity index is 318. The second kappa shape index (κ2) is 4.98. The SMILES string of the molecule is COc1ccccc1/C=C/C=N/O. The summed E-state index contributed by atoms with van der Waals surface area (Å²) in [6, 6.07) is 7.60. The molecule has 0 bridgehead atoms. The summed E-state index contributed by atoms with van der Waals surface area (Å²) in [5.74, 6) is 0.796. The van der Waals surface area contributed by atoms with Crippen molar-refractivity contribution >= 4 is 12.3 Å². The van der Waals surface area contributed by atoms with Crippen molar-refractivity contribution in [3.05, 3.63) is 35.9 Å². The molecule has 68 valence electrons. The Morgan fingerprint density at radius 3 is 2.85 bits per heavy atom. The van der Waals surface area contributed by atoms with E-state index in [4.69, 9.17) is 9.94 Å². The molecule has 0 atom stereocenters. The number of hydrogen-bond acceptors (Lipinski definition) is 3. The normalized spacial score (nSPS) is 11.2. The van der Waals surface area contributed by atoms with Crippen molar-refractivity contribution in [2.75, 3.05) is 7.11 Å². The van der Waals surface area contributed by atoms with Crippen molar-refractivity contribution in [3.8, 4) is 5.75 Å². The molecule has 13 heavy (non-hydrogen) atoms. The summed E-state index contributed by atoms with van der Waals surface area (Å²) in [4.78, 5) is 0. The Hall–Kier alpha value is -1.77. The molecule has 1 N–H and O–H groups in total. The molecule has 0 saturated heterocycles. The lowest BCUT2D eigenvalue weighted by atomic mass is 10.2. The highest BCUT2D eigenvalue weighted by Crippen LogP contribution is 2.18.